The molecule has 0 saturated heterocycles. The zero-order valence-corrected chi connectivity index (χ0v) is 16.9. The minimum atomic E-state index is -0.220. The molecule has 6 heteroatoms. The molecule has 148 valence electrons. The van der Waals surface area contributed by atoms with Crippen LogP contribution in [0.25, 0.3) is 0 Å². The number of carbonyl (C=O) groups excluding carboxylic acids is 2. The van der Waals surface area contributed by atoms with Crippen molar-refractivity contribution in [2.75, 3.05) is 18.5 Å². The molecule has 0 aromatic heterocycles. The predicted molar refractivity (Wildman–Crippen MR) is 111 cm³/mol. The first-order valence-electron chi connectivity index (χ1n) is 9.52. The molecule has 0 spiro atoms. The number of nitrogens with one attached hydrogen (secondary N) is 2. The van der Waals surface area contributed by atoms with Crippen LogP contribution >= 0.6 is 11.6 Å². The molecular weight excluding hydrogens is 376 g/mol. The summed E-state index contributed by atoms with van der Waals surface area (Å²) in [6.45, 7) is 5.31. The first-order valence-corrected chi connectivity index (χ1v) is 9.90. The summed E-state index contributed by atoms with van der Waals surface area (Å²) in [5.74, 6) is 0.895. The van der Waals surface area contributed by atoms with Gasteiger partial charge >= 0.3 is 0 Å². The standard InChI is InChI=1S/C22H25ClN2O3/c1-14(2)9-10-24-21(26)17-11-16-12-19(7-8-20(16)28-13-17)25-22(27)15-3-5-18(23)6-4-15/h3-8,12,14,17H,9-11,13H2,1-2H3,(H,24,26)(H,25,27). The second-order valence-electron chi connectivity index (χ2n) is 7.47. The van der Waals surface area contributed by atoms with E-state index >= 15 is 0 Å². The lowest BCUT2D eigenvalue weighted by molar-refractivity contribution is -0.126. The molecule has 3 rings (SSSR count). The summed E-state index contributed by atoms with van der Waals surface area (Å²) in [4.78, 5) is 24.8. The molecule has 1 aliphatic rings. The van der Waals surface area contributed by atoms with Gasteiger partial charge in [-0.2, -0.15) is 0 Å². The van der Waals surface area contributed by atoms with E-state index in [1.54, 1.807) is 30.3 Å². The van der Waals surface area contributed by atoms with Crippen molar-refractivity contribution in [3.8, 4) is 5.75 Å². The Kier molecular flexibility index (Phi) is 6.57. The number of halogens is 1. The third kappa shape index (κ3) is 5.26. The number of hydrogen-bond donors (Lipinski definition) is 2. The van der Waals surface area contributed by atoms with E-state index in [-0.39, 0.29) is 17.7 Å². The highest BCUT2D eigenvalue weighted by Crippen LogP contribution is 2.30. The molecule has 28 heavy (non-hydrogen) atoms. The van der Waals surface area contributed by atoms with Crippen molar-refractivity contribution in [3.63, 3.8) is 0 Å². The third-order valence-corrected chi connectivity index (χ3v) is 4.97. The van der Waals surface area contributed by atoms with Crippen LogP contribution in [0.2, 0.25) is 5.02 Å². The van der Waals surface area contributed by atoms with Gasteiger partial charge in [-0.15, -0.1) is 0 Å². The normalized spacial score (nSPS) is 15.5. The number of ether oxygens (including phenoxy) is 1. The maximum atomic E-state index is 12.4. The Bertz CT molecular complexity index is 849. The number of anilines is 1. The molecular formula is C22H25ClN2O3. The fourth-order valence-electron chi connectivity index (χ4n) is 3.07. The van der Waals surface area contributed by atoms with Crippen LogP contribution in [0.3, 0.4) is 0 Å². The molecule has 0 saturated carbocycles. The van der Waals surface area contributed by atoms with Gasteiger partial charge in [0, 0.05) is 22.8 Å². The third-order valence-electron chi connectivity index (χ3n) is 4.72. The summed E-state index contributed by atoms with van der Waals surface area (Å²) in [7, 11) is 0. The fraction of sp³-hybridized carbons (Fsp3) is 0.364. The van der Waals surface area contributed by atoms with Gasteiger partial charge in [-0.25, -0.2) is 0 Å². The highest BCUT2D eigenvalue weighted by molar-refractivity contribution is 6.30. The number of fused-ring (bicyclic) bond motifs is 1. The molecule has 5 nitrogen and oxygen atoms in total. The lowest BCUT2D eigenvalue weighted by atomic mass is 9.95. The van der Waals surface area contributed by atoms with Crippen LogP contribution < -0.4 is 15.4 Å². The Labute approximate surface area is 170 Å². The Morgan fingerprint density at radius 3 is 2.64 bits per heavy atom. The molecule has 0 aliphatic carbocycles. The van der Waals surface area contributed by atoms with E-state index in [4.69, 9.17) is 16.3 Å². The largest absolute Gasteiger partial charge is 0.492 e. The van der Waals surface area contributed by atoms with Crippen molar-refractivity contribution in [1.82, 2.24) is 5.32 Å². The fourth-order valence-corrected chi connectivity index (χ4v) is 3.20. The monoisotopic (exact) mass is 400 g/mol. The molecule has 1 heterocycles. The van der Waals surface area contributed by atoms with Crippen molar-refractivity contribution in [3.05, 3.63) is 58.6 Å². The topological polar surface area (TPSA) is 67.4 Å². The zero-order valence-electron chi connectivity index (χ0n) is 16.1. The summed E-state index contributed by atoms with van der Waals surface area (Å²) in [5, 5.41) is 6.45. The van der Waals surface area contributed by atoms with Crippen molar-refractivity contribution in [2.45, 2.75) is 26.7 Å². The molecule has 2 aromatic rings. The quantitative estimate of drug-likeness (QED) is 0.759. The molecule has 0 radical (unpaired) electrons. The van der Waals surface area contributed by atoms with Crippen LogP contribution in [-0.2, 0) is 11.2 Å². The number of rotatable bonds is 6. The van der Waals surface area contributed by atoms with Gasteiger partial charge in [0.25, 0.3) is 5.91 Å². The van der Waals surface area contributed by atoms with Crippen LogP contribution in [0, 0.1) is 11.8 Å². The van der Waals surface area contributed by atoms with Gasteiger partial charge in [0.2, 0.25) is 5.91 Å². The maximum Gasteiger partial charge on any atom is 0.255 e. The Balaban J connectivity index is 1.63. The highest BCUT2D eigenvalue weighted by Gasteiger charge is 2.26. The van der Waals surface area contributed by atoms with Gasteiger partial charge in [0.15, 0.2) is 0 Å². The van der Waals surface area contributed by atoms with Crippen LogP contribution in [0.4, 0.5) is 5.69 Å². The predicted octanol–water partition coefficient (Wildman–Crippen LogP) is 4.31. The van der Waals surface area contributed by atoms with Crippen LogP contribution in [0.5, 0.6) is 5.75 Å². The number of benzene rings is 2. The summed E-state index contributed by atoms with van der Waals surface area (Å²) < 4.78 is 5.75. The van der Waals surface area contributed by atoms with E-state index in [1.165, 1.54) is 0 Å². The summed E-state index contributed by atoms with van der Waals surface area (Å²) in [5.41, 5.74) is 2.12. The lowest BCUT2D eigenvalue weighted by Gasteiger charge is -2.25. The minimum absolute atomic E-state index is 0.0157. The molecule has 0 bridgehead atoms. The molecule has 2 aromatic carbocycles. The van der Waals surface area contributed by atoms with Crippen LogP contribution in [0.15, 0.2) is 42.5 Å². The van der Waals surface area contributed by atoms with Gasteiger partial charge < -0.3 is 15.4 Å². The number of carbonyl (C=O) groups is 2. The second-order valence-corrected chi connectivity index (χ2v) is 7.91. The van der Waals surface area contributed by atoms with Crippen molar-refractivity contribution >= 4 is 29.1 Å². The van der Waals surface area contributed by atoms with E-state index < -0.39 is 0 Å². The average Bonchev–Trinajstić information content (AvgIpc) is 2.67. The van der Waals surface area contributed by atoms with Gasteiger partial charge in [-0.1, -0.05) is 25.4 Å². The van der Waals surface area contributed by atoms with Crippen molar-refractivity contribution in [2.24, 2.45) is 11.8 Å². The summed E-state index contributed by atoms with van der Waals surface area (Å²) in [6, 6.07) is 12.2. The minimum Gasteiger partial charge on any atom is -0.492 e. The van der Waals surface area contributed by atoms with Gasteiger partial charge in [-0.05, 0) is 66.8 Å². The van der Waals surface area contributed by atoms with Gasteiger partial charge in [-0.3, -0.25) is 9.59 Å². The SMILES string of the molecule is CC(C)CCNC(=O)C1COc2ccc(NC(=O)c3ccc(Cl)cc3)cc2C1. The Morgan fingerprint density at radius 2 is 1.93 bits per heavy atom. The highest BCUT2D eigenvalue weighted by atomic mass is 35.5. The smallest absolute Gasteiger partial charge is 0.255 e. The maximum absolute atomic E-state index is 12.4. The molecule has 2 N–H and O–H groups in total. The molecule has 1 atom stereocenters. The summed E-state index contributed by atoms with van der Waals surface area (Å²) >= 11 is 5.86. The second kappa shape index (κ2) is 9.11. The lowest BCUT2D eigenvalue weighted by Crippen LogP contribution is -2.38. The Morgan fingerprint density at radius 1 is 1.18 bits per heavy atom. The van der Waals surface area contributed by atoms with Crippen molar-refractivity contribution < 1.29 is 14.3 Å². The zero-order chi connectivity index (χ0) is 20.1. The molecule has 0 fully saturated rings. The van der Waals surface area contributed by atoms with Crippen LogP contribution in [-0.4, -0.2) is 25.0 Å². The van der Waals surface area contributed by atoms with Crippen molar-refractivity contribution in [1.29, 1.82) is 0 Å². The van der Waals surface area contributed by atoms with Gasteiger partial charge in [0.05, 0.1) is 5.92 Å². The van der Waals surface area contributed by atoms with E-state index in [9.17, 15) is 9.59 Å². The number of hydrogen-bond acceptors (Lipinski definition) is 3. The molecule has 2 amide bonds. The number of amides is 2. The first-order chi connectivity index (χ1) is 13.4. The first kappa shape index (κ1) is 20.2. The summed E-state index contributed by atoms with van der Waals surface area (Å²) in [6.07, 6.45) is 1.55. The molecule has 1 aliphatic heterocycles. The van der Waals surface area contributed by atoms with Gasteiger partial charge in [0.1, 0.15) is 12.4 Å². The van der Waals surface area contributed by atoms with E-state index in [1.807, 2.05) is 12.1 Å². The van der Waals surface area contributed by atoms with Crippen LogP contribution in [0.1, 0.15) is 36.2 Å². The van der Waals surface area contributed by atoms with E-state index in [0.717, 1.165) is 17.7 Å². The van der Waals surface area contributed by atoms with E-state index in [0.29, 0.717) is 41.8 Å². The Hall–Kier alpha value is -2.53. The van der Waals surface area contributed by atoms with E-state index in [2.05, 4.69) is 24.5 Å². The molecule has 1 unspecified atom stereocenters. The average molecular weight is 401 g/mol.